The summed E-state index contributed by atoms with van der Waals surface area (Å²) >= 11 is 0. The van der Waals surface area contributed by atoms with E-state index in [0.717, 1.165) is 19.3 Å². The van der Waals surface area contributed by atoms with E-state index in [1.54, 1.807) is 0 Å². The molecule has 4 heteroatoms. The second-order valence-corrected chi connectivity index (χ2v) is 7.19. The van der Waals surface area contributed by atoms with Crippen molar-refractivity contribution in [3.05, 3.63) is 0 Å². The van der Waals surface area contributed by atoms with Gasteiger partial charge in [0.25, 0.3) is 0 Å². The lowest BCUT2D eigenvalue weighted by Gasteiger charge is -2.27. The van der Waals surface area contributed by atoms with Crippen LogP contribution < -0.4 is 5.73 Å². The van der Waals surface area contributed by atoms with Gasteiger partial charge in [-0.3, -0.25) is 0 Å². The molecule has 14 heavy (non-hydrogen) atoms. The molecule has 0 amide bonds. The molecule has 0 bridgehead atoms. The zero-order valence-corrected chi connectivity index (χ0v) is 9.94. The van der Waals surface area contributed by atoms with Crippen molar-refractivity contribution in [3.63, 3.8) is 0 Å². The molecular formula is C10H21NO2S. The van der Waals surface area contributed by atoms with Crippen molar-refractivity contribution in [2.45, 2.75) is 32.6 Å². The van der Waals surface area contributed by atoms with E-state index in [1.165, 1.54) is 12.7 Å². The highest BCUT2D eigenvalue weighted by Crippen LogP contribution is 2.43. The number of sulfone groups is 1. The molecule has 84 valence electrons. The maximum atomic E-state index is 11.1. The van der Waals surface area contributed by atoms with Gasteiger partial charge in [0, 0.05) is 6.26 Å². The largest absolute Gasteiger partial charge is 0.330 e. The van der Waals surface area contributed by atoms with Crippen molar-refractivity contribution >= 4 is 9.84 Å². The Morgan fingerprint density at radius 1 is 1.50 bits per heavy atom. The molecule has 1 aliphatic carbocycles. The number of hydrogen-bond donors (Lipinski definition) is 1. The van der Waals surface area contributed by atoms with Gasteiger partial charge < -0.3 is 5.73 Å². The molecule has 1 aliphatic rings. The zero-order valence-electron chi connectivity index (χ0n) is 9.12. The van der Waals surface area contributed by atoms with Crippen molar-refractivity contribution in [1.82, 2.24) is 0 Å². The number of rotatable bonds is 4. The van der Waals surface area contributed by atoms with E-state index < -0.39 is 9.84 Å². The van der Waals surface area contributed by atoms with Crippen molar-refractivity contribution in [2.75, 3.05) is 18.6 Å². The molecule has 0 heterocycles. The van der Waals surface area contributed by atoms with Crippen LogP contribution in [0.2, 0.25) is 0 Å². The highest BCUT2D eigenvalue weighted by molar-refractivity contribution is 7.90. The SMILES string of the molecule is CC1CCC(CN)(CCS(C)(=O)=O)C1. The van der Waals surface area contributed by atoms with Crippen LogP contribution in [0.25, 0.3) is 0 Å². The fraction of sp³-hybridized carbons (Fsp3) is 1.00. The maximum absolute atomic E-state index is 11.1. The Kier molecular flexibility index (Phi) is 3.58. The third kappa shape index (κ3) is 3.24. The number of hydrogen-bond acceptors (Lipinski definition) is 3. The Labute approximate surface area is 87.0 Å². The van der Waals surface area contributed by atoms with Crippen LogP contribution in [-0.4, -0.2) is 27.0 Å². The smallest absolute Gasteiger partial charge is 0.147 e. The summed E-state index contributed by atoms with van der Waals surface area (Å²) in [6.45, 7) is 2.85. The molecular weight excluding hydrogens is 198 g/mol. The van der Waals surface area contributed by atoms with Crippen LogP contribution in [0, 0.1) is 11.3 Å². The molecule has 0 aliphatic heterocycles. The summed E-state index contributed by atoms with van der Waals surface area (Å²) in [5.74, 6) is 0.995. The van der Waals surface area contributed by atoms with Crippen molar-refractivity contribution in [3.8, 4) is 0 Å². The summed E-state index contributed by atoms with van der Waals surface area (Å²) in [5.41, 5.74) is 5.88. The number of nitrogens with two attached hydrogens (primary N) is 1. The summed E-state index contributed by atoms with van der Waals surface area (Å²) < 4.78 is 22.2. The minimum absolute atomic E-state index is 0.114. The van der Waals surface area contributed by atoms with Crippen molar-refractivity contribution < 1.29 is 8.42 Å². The Bertz CT molecular complexity index is 286. The van der Waals surface area contributed by atoms with Crippen LogP contribution in [-0.2, 0) is 9.84 Å². The lowest BCUT2D eigenvalue weighted by molar-refractivity contribution is 0.287. The van der Waals surface area contributed by atoms with E-state index in [4.69, 9.17) is 5.73 Å². The highest BCUT2D eigenvalue weighted by Gasteiger charge is 2.36. The first-order chi connectivity index (χ1) is 6.37. The van der Waals surface area contributed by atoms with Crippen LogP contribution in [0.3, 0.4) is 0 Å². The van der Waals surface area contributed by atoms with Crippen LogP contribution in [0.15, 0.2) is 0 Å². The van der Waals surface area contributed by atoms with E-state index in [1.807, 2.05) is 0 Å². The van der Waals surface area contributed by atoms with Gasteiger partial charge in [0.05, 0.1) is 5.75 Å². The molecule has 1 fully saturated rings. The second kappa shape index (κ2) is 4.19. The van der Waals surface area contributed by atoms with E-state index >= 15 is 0 Å². The summed E-state index contributed by atoms with van der Waals surface area (Å²) in [7, 11) is -2.83. The van der Waals surface area contributed by atoms with Gasteiger partial charge in [0.2, 0.25) is 0 Å². The Hall–Kier alpha value is -0.0900. The topological polar surface area (TPSA) is 60.2 Å². The average molecular weight is 219 g/mol. The molecule has 2 atom stereocenters. The summed E-state index contributed by atoms with van der Waals surface area (Å²) in [6, 6.07) is 0. The lowest BCUT2D eigenvalue weighted by atomic mass is 9.83. The van der Waals surface area contributed by atoms with Crippen molar-refractivity contribution in [1.29, 1.82) is 0 Å². The van der Waals surface area contributed by atoms with Gasteiger partial charge in [-0.1, -0.05) is 13.3 Å². The molecule has 0 spiro atoms. The zero-order chi connectivity index (χ0) is 10.8. The molecule has 0 radical (unpaired) electrons. The van der Waals surface area contributed by atoms with E-state index in [2.05, 4.69) is 6.92 Å². The van der Waals surface area contributed by atoms with Crippen LogP contribution in [0.5, 0.6) is 0 Å². The molecule has 0 aromatic heterocycles. The predicted octanol–water partition coefficient (Wildman–Crippen LogP) is 1.19. The minimum Gasteiger partial charge on any atom is -0.330 e. The first-order valence-electron chi connectivity index (χ1n) is 5.25. The molecule has 1 saturated carbocycles. The highest BCUT2D eigenvalue weighted by atomic mass is 32.2. The van der Waals surface area contributed by atoms with Gasteiger partial charge in [0.15, 0.2) is 0 Å². The standard InChI is InChI=1S/C10H21NO2S/c1-9-3-4-10(7-9,8-11)5-6-14(2,12)13/h9H,3-8,11H2,1-2H3. The van der Waals surface area contributed by atoms with Gasteiger partial charge >= 0.3 is 0 Å². The van der Waals surface area contributed by atoms with Crippen LogP contribution in [0.1, 0.15) is 32.6 Å². The second-order valence-electron chi connectivity index (χ2n) is 4.93. The molecule has 1 rings (SSSR count). The van der Waals surface area contributed by atoms with Gasteiger partial charge in [-0.25, -0.2) is 8.42 Å². The normalized spacial score (nSPS) is 33.5. The average Bonchev–Trinajstić information content (AvgIpc) is 2.44. The van der Waals surface area contributed by atoms with Gasteiger partial charge in [-0.05, 0) is 37.1 Å². The van der Waals surface area contributed by atoms with Crippen LogP contribution >= 0.6 is 0 Å². The molecule has 2 N–H and O–H groups in total. The Morgan fingerprint density at radius 3 is 2.50 bits per heavy atom. The van der Waals surface area contributed by atoms with E-state index in [9.17, 15) is 8.42 Å². The third-order valence-corrected chi connectivity index (χ3v) is 4.33. The summed E-state index contributed by atoms with van der Waals surface area (Å²) in [6.07, 6.45) is 5.43. The van der Waals surface area contributed by atoms with E-state index in [-0.39, 0.29) is 11.2 Å². The third-order valence-electron chi connectivity index (χ3n) is 3.39. The fourth-order valence-electron chi connectivity index (χ4n) is 2.41. The monoisotopic (exact) mass is 219 g/mol. The first-order valence-corrected chi connectivity index (χ1v) is 7.31. The minimum atomic E-state index is -2.83. The van der Waals surface area contributed by atoms with E-state index in [0.29, 0.717) is 12.5 Å². The van der Waals surface area contributed by atoms with Crippen molar-refractivity contribution in [2.24, 2.45) is 17.1 Å². The fourth-order valence-corrected chi connectivity index (χ4v) is 3.22. The van der Waals surface area contributed by atoms with Gasteiger partial charge in [0.1, 0.15) is 9.84 Å². The predicted molar refractivity (Wildman–Crippen MR) is 58.8 cm³/mol. The molecule has 0 aromatic carbocycles. The summed E-state index contributed by atoms with van der Waals surface area (Å²) in [4.78, 5) is 0. The quantitative estimate of drug-likeness (QED) is 0.772. The maximum Gasteiger partial charge on any atom is 0.147 e. The molecule has 0 saturated heterocycles. The van der Waals surface area contributed by atoms with Gasteiger partial charge in [-0.2, -0.15) is 0 Å². The lowest BCUT2D eigenvalue weighted by Crippen LogP contribution is -2.30. The van der Waals surface area contributed by atoms with Crippen LogP contribution in [0.4, 0.5) is 0 Å². The molecule has 3 nitrogen and oxygen atoms in total. The molecule has 2 unspecified atom stereocenters. The Balaban J connectivity index is 2.55. The summed E-state index contributed by atoms with van der Waals surface area (Å²) in [5, 5.41) is 0. The Morgan fingerprint density at radius 2 is 2.14 bits per heavy atom. The molecule has 0 aromatic rings. The first kappa shape index (κ1) is 12.0. The van der Waals surface area contributed by atoms with Gasteiger partial charge in [-0.15, -0.1) is 0 Å².